The summed E-state index contributed by atoms with van der Waals surface area (Å²) < 4.78 is 1.14. The zero-order valence-electron chi connectivity index (χ0n) is 12.0. The largest absolute Gasteiger partial charge is 0.378 e. The Morgan fingerprint density at radius 1 is 1.10 bits per heavy atom. The maximum Gasteiger partial charge on any atom is 0.0553 e. The molecule has 0 unspecified atom stereocenters. The normalized spacial score (nSPS) is 26.1. The van der Waals surface area contributed by atoms with Gasteiger partial charge in [0.2, 0.25) is 0 Å². The van der Waals surface area contributed by atoms with Crippen LogP contribution in [-0.4, -0.2) is 0 Å². The van der Waals surface area contributed by atoms with Gasteiger partial charge in [0.15, 0.2) is 0 Å². The van der Waals surface area contributed by atoms with Crippen LogP contribution in [-0.2, 0) is 0 Å². The molecule has 3 atom stereocenters. The topological polar surface area (TPSA) is 12.0 Å². The molecule has 0 amide bonds. The number of anilines is 1. The quantitative estimate of drug-likeness (QED) is 0.668. The van der Waals surface area contributed by atoms with E-state index in [0.717, 1.165) is 10.9 Å². The van der Waals surface area contributed by atoms with Crippen molar-refractivity contribution in [2.45, 2.75) is 25.3 Å². The molecule has 1 N–H and O–H groups in total. The summed E-state index contributed by atoms with van der Waals surface area (Å²) in [5.74, 6) is 1.18. The number of rotatable bonds is 1. The van der Waals surface area contributed by atoms with E-state index in [4.69, 9.17) is 0 Å². The standard InChI is InChI=1S/C19H18BrN/c1-12-5-10-18-17(11-12)15-3-2-4-16(15)19(21-18)13-6-8-14(20)9-7-13/h2-3,5-11,15-16,19,21H,4H2,1H3/t15-,16-,19-/m1/s1. The number of halogens is 1. The third kappa shape index (κ3) is 2.22. The zero-order valence-corrected chi connectivity index (χ0v) is 13.6. The van der Waals surface area contributed by atoms with E-state index in [0.29, 0.717) is 17.9 Å². The number of allylic oxidation sites excluding steroid dienone is 2. The maximum atomic E-state index is 3.78. The highest BCUT2D eigenvalue weighted by Gasteiger charge is 2.37. The van der Waals surface area contributed by atoms with Crippen LogP contribution in [0.3, 0.4) is 0 Å². The van der Waals surface area contributed by atoms with Gasteiger partial charge in [-0.3, -0.25) is 0 Å². The van der Waals surface area contributed by atoms with Gasteiger partial charge in [-0.05, 0) is 48.6 Å². The van der Waals surface area contributed by atoms with Crippen molar-refractivity contribution in [2.24, 2.45) is 5.92 Å². The summed E-state index contributed by atoms with van der Waals surface area (Å²) in [7, 11) is 0. The molecule has 2 aromatic carbocycles. The van der Waals surface area contributed by atoms with Crippen LogP contribution in [0.5, 0.6) is 0 Å². The van der Waals surface area contributed by atoms with Crippen molar-refractivity contribution in [3.8, 4) is 0 Å². The number of fused-ring (bicyclic) bond motifs is 3. The summed E-state index contributed by atoms with van der Waals surface area (Å²) >= 11 is 3.53. The summed E-state index contributed by atoms with van der Waals surface area (Å²) in [6, 6.07) is 15.9. The van der Waals surface area contributed by atoms with E-state index in [2.05, 4.69) is 82.8 Å². The Labute approximate surface area is 134 Å². The first kappa shape index (κ1) is 13.1. The minimum Gasteiger partial charge on any atom is -0.378 e. The first-order valence-electron chi connectivity index (χ1n) is 7.51. The lowest BCUT2D eigenvalue weighted by molar-refractivity contribution is 0.425. The van der Waals surface area contributed by atoms with Crippen molar-refractivity contribution in [1.29, 1.82) is 0 Å². The van der Waals surface area contributed by atoms with Crippen LogP contribution < -0.4 is 5.32 Å². The van der Waals surface area contributed by atoms with Crippen molar-refractivity contribution < 1.29 is 0 Å². The fraction of sp³-hybridized carbons (Fsp3) is 0.263. The van der Waals surface area contributed by atoms with E-state index in [9.17, 15) is 0 Å². The molecule has 0 fully saturated rings. The monoisotopic (exact) mass is 339 g/mol. The molecule has 1 aliphatic heterocycles. The van der Waals surface area contributed by atoms with Crippen LogP contribution in [0.2, 0.25) is 0 Å². The predicted molar refractivity (Wildman–Crippen MR) is 91.7 cm³/mol. The maximum absolute atomic E-state index is 3.78. The Balaban J connectivity index is 1.78. The molecule has 4 rings (SSSR count). The Hall–Kier alpha value is -1.54. The minimum absolute atomic E-state index is 0.397. The van der Waals surface area contributed by atoms with Crippen molar-refractivity contribution in [2.75, 3.05) is 5.32 Å². The molecule has 106 valence electrons. The van der Waals surface area contributed by atoms with Crippen LogP contribution in [0.4, 0.5) is 5.69 Å². The second kappa shape index (κ2) is 5.03. The molecule has 0 spiro atoms. The molecule has 1 heterocycles. The Morgan fingerprint density at radius 2 is 1.90 bits per heavy atom. The van der Waals surface area contributed by atoms with Gasteiger partial charge in [0, 0.05) is 16.1 Å². The van der Waals surface area contributed by atoms with Gasteiger partial charge in [-0.1, -0.05) is 57.9 Å². The van der Waals surface area contributed by atoms with Gasteiger partial charge in [0.25, 0.3) is 0 Å². The van der Waals surface area contributed by atoms with Crippen molar-refractivity contribution >= 4 is 21.6 Å². The number of aryl methyl sites for hydroxylation is 1. The molecule has 1 aliphatic carbocycles. The number of hydrogen-bond donors (Lipinski definition) is 1. The second-order valence-corrected chi connectivity index (χ2v) is 7.03. The van der Waals surface area contributed by atoms with Crippen LogP contribution >= 0.6 is 15.9 Å². The highest BCUT2D eigenvalue weighted by atomic mass is 79.9. The fourth-order valence-electron chi connectivity index (χ4n) is 3.71. The number of hydrogen-bond acceptors (Lipinski definition) is 1. The summed E-state index contributed by atoms with van der Waals surface area (Å²) in [4.78, 5) is 0. The average molecular weight is 340 g/mol. The molecule has 21 heavy (non-hydrogen) atoms. The Kier molecular flexibility index (Phi) is 3.15. The first-order chi connectivity index (χ1) is 10.2. The molecule has 0 saturated heterocycles. The van der Waals surface area contributed by atoms with Crippen LogP contribution in [0.25, 0.3) is 0 Å². The van der Waals surface area contributed by atoms with E-state index in [1.54, 1.807) is 0 Å². The second-order valence-electron chi connectivity index (χ2n) is 6.12. The van der Waals surface area contributed by atoms with Gasteiger partial charge in [-0.2, -0.15) is 0 Å². The summed E-state index contributed by atoms with van der Waals surface area (Å²) in [5, 5.41) is 3.78. The van der Waals surface area contributed by atoms with Crippen LogP contribution in [0.1, 0.15) is 35.1 Å². The zero-order chi connectivity index (χ0) is 14.4. The number of benzene rings is 2. The molecule has 1 nitrogen and oxygen atoms in total. The Bertz CT molecular complexity index is 702. The van der Waals surface area contributed by atoms with E-state index < -0.39 is 0 Å². The van der Waals surface area contributed by atoms with E-state index >= 15 is 0 Å². The summed E-state index contributed by atoms with van der Waals surface area (Å²) in [6.45, 7) is 2.18. The minimum atomic E-state index is 0.397. The molecule has 0 aromatic heterocycles. The lowest BCUT2D eigenvalue weighted by Gasteiger charge is -2.37. The Morgan fingerprint density at radius 3 is 2.71 bits per heavy atom. The third-order valence-corrected chi connectivity index (χ3v) is 5.28. The first-order valence-corrected chi connectivity index (χ1v) is 8.31. The molecule has 0 bridgehead atoms. The number of nitrogens with one attached hydrogen (secondary N) is 1. The van der Waals surface area contributed by atoms with Gasteiger partial charge in [0.05, 0.1) is 6.04 Å². The van der Waals surface area contributed by atoms with E-state index in [-0.39, 0.29) is 0 Å². The molecule has 0 radical (unpaired) electrons. The third-order valence-electron chi connectivity index (χ3n) is 4.75. The van der Waals surface area contributed by atoms with Crippen LogP contribution in [0, 0.1) is 12.8 Å². The molecular weight excluding hydrogens is 322 g/mol. The molecular formula is C19H18BrN. The highest BCUT2D eigenvalue weighted by Crippen LogP contribution is 2.49. The average Bonchev–Trinajstić information content (AvgIpc) is 2.97. The summed E-state index contributed by atoms with van der Waals surface area (Å²) in [6.07, 6.45) is 5.90. The van der Waals surface area contributed by atoms with Crippen molar-refractivity contribution in [3.63, 3.8) is 0 Å². The van der Waals surface area contributed by atoms with Gasteiger partial charge >= 0.3 is 0 Å². The lowest BCUT2D eigenvalue weighted by atomic mass is 9.77. The van der Waals surface area contributed by atoms with Crippen molar-refractivity contribution in [3.05, 3.63) is 75.8 Å². The molecule has 2 heteroatoms. The van der Waals surface area contributed by atoms with Gasteiger partial charge in [-0.25, -0.2) is 0 Å². The SMILES string of the molecule is Cc1ccc2c(c1)[C@@H]1C=CC[C@H]1[C@@H](c1ccc(Br)cc1)N2. The van der Waals surface area contributed by atoms with Gasteiger partial charge < -0.3 is 5.32 Å². The van der Waals surface area contributed by atoms with Crippen LogP contribution in [0.15, 0.2) is 59.1 Å². The predicted octanol–water partition coefficient (Wildman–Crippen LogP) is 5.58. The molecule has 2 aliphatic rings. The van der Waals surface area contributed by atoms with Gasteiger partial charge in [0.1, 0.15) is 0 Å². The van der Waals surface area contributed by atoms with Gasteiger partial charge in [-0.15, -0.1) is 0 Å². The smallest absolute Gasteiger partial charge is 0.0553 e. The lowest BCUT2D eigenvalue weighted by Crippen LogP contribution is -2.29. The van der Waals surface area contributed by atoms with E-state index in [1.165, 1.54) is 22.4 Å². The molecule has 0 saturated carbocycles. The fourth-order valence-corrected chi connectivity index (χ4v) is 3.98. The molecule has 2 aromatic rings. The van der Waals surface area contributed by atoms with Crippen molar-refractivity contribution in [1.82, 2.24) is 0 Å². The van der Waals surface area contributed by atoms with E-state index in [1.807, 2.05) is 0 Å². The highest BCUT2D eigenvalue weighted by molar-refractivity contribution is 9.10. The summed E-state index contributed by atoms with van der Waals surface area (Å²) in [5.41, 5.74) is 5.48.